The van der Waals surface area contributed by atoms with E-state index >= 15 is 0 Å². The number of hydrogen-bond donors (Lipinski definition) is 1. The highest BCUT2D eigenvalue weighted by Gasteiger charge is 2.31. The van der Waals surface area contributed by atoms with E-state index in [1.807, 2.05) is 47.4 Å². The lowest BCUT2D eigenvalue weighted by Crippen LogP contribution is -2.31. The van der Waals surface area contributed by atoms with Crippen LogP contribution in [-0.2, 0) is 11.2 Å². The summed E-state index contributed by atoms with van der Waals surface area (Å²) in [6.07, 6.45) is 3.14. The van der Waals surface area contributed by atoms with Gasteiger partial charge >= 0.3 is 0 Å². The van der Waals surface area contributed by atoms with Crippen molar-refractivity contribution in [3.8, 4) is 11.5 Å². The number of aromatic nitrogens is 2. The fourth-order valence-corrected chi connectivity index (χ4v) is 3.97. The van der Waals surface area contributed by atoms with Crippen molar-refractivity contribution < 1.29 is 14.3 Å². The Kier molecular flexibility index (Phi) is 3.96. The summed E-state index contributed by atoms with van der Waals surface area (Å²) in [5.74, 6) is 2.61. The molecule has 5 rings (SSSR count). The highest BCUT2D eigenvalue weighted by Crippen LogP contribution is 2.34. The lowest BCUT2D eigenvalue weighted by atomic mass is 10.1. The SMILES string of the molecule is O=C(CCc1ccc2c(c1)OCO2)N1CCC[C@@H]1c1nc2ccccc2[nH]1. The number of nitrogens with zero attached hydrogens (tertiary/aromatic N) is 2. The number of imidazole rings is 1. The molecule has 27 heavy (non-hydrogen) atoms. The first-order valence-electron chi connectivity index (χ1n) is 9.40. The van der Waals surface area contributed by atoms with Crippen molar-refractivity contribution in [1.29, 1.82) is 0 Å². The Balaban J connectivity index is 1.29. The molecular weight excluding hydrogens is 342 g/mol. The number of likely N-dealkylation sites (tertiary alicyclic amines) is 1. The molecule has 1 aromatic heterocycles. The zero-order valence-electron chi connectivity index (χ0n) is 15.0. The molecule has 2 aliphatic heterocycles. The summed E-state index contributed by atoms with van der Waals surface area (Å²) in [5, 5.41) is 0. The third-order valence-electron chi connectivity index (χ3n) is 5.36. The monoisotopic (exact) mass is 363 g/mol. The fourth-order valence-electron chi connectivity index (χ4n) is 3.97. The second-order valence-electron chi connectivity index (χ2n) is 7.07. The van der Waals surface area contributed by atoms with Gasteiger partial charge in [-0.05, 0) is 49.1 Å². The minimum Gasteiger partial charge on any atom is -0.454 e. The average molecular weight is 363 g/mol. The number of rotatable bonds is 4. The zero-order valence-corrected chi connectivity index (χ0v) is 15.0. The number of H-pyrrole nitrogens is 1. The Morgan fingerprint density at radius 3 is 3.00 bits per heavy atom. The van der Waals surface area contributed by atoms with Crippen LogP contribution in [0.5, 0.6) is 11.5 Å². The smallest absolute Gasteiger partial charge is 0.231 e. The van der Waals surface area contributed by atoms with Crippen molar-refractivity contribution in [3.05, 3.63) is 53.9 Å². The number of hydrogen-bond acceptors (Lipinski definition) is 4. The lowest BCUT2D eigenvalue weighted by Gasteiger charge is -2.23. The normalized spacial score (nSPS) is 18.4. The van der Waals surface area contributed by atoms with Crippen LogP contribution < -0.4 is 9.47 Å². The second-order valence-corrected chi connectivity index (χ2v) is 7.07. The van der Waals surface area contributed by atoms with E-state index in [1.54, 1.807) is 0 Å². The lowest BCUT2D eigenvalue weighted by molar-refractivity contribution is -0.132. The predicted molar refractivity (Wildman–Crippen MR) is 101 cm³/mol. The maximum atomic E-state index is 12.9. The van der Waals surface area contributed by atoms with E-state index in [1.165, 1.54) is 0 Å². The Morgan fingerprint density at radius 2 is 2.07 bits per heavy atom. The van der Waals surface area contributed by atoms with E-state index in [-0.39, 0.29) is 18.7 Å². The van der Waals surface area contributed by atoms with Crippen LogP contribution in [0.4, 0.5) is 0 Å². The second kappa shape index (κ2) is 6.61. The molecule has 0 bridgehead atoms. The summed E-state index contributed by atoms with van der Waals surface area (Å²) in [6, 6.07) is 13.9. The average Bonchev–Trinajstić information content (AvgIpc) is 3.43. The van der Waals surface area contributed by atoms with Crippen LogP contribution >= 0.6 is 0 Å². The topological polar surface area (TPSA) is 67.5 Å². The van der Waals surface area contributed by atoms with Crippen molar-refractivity contribution in [1.82, 2.24) is 14.9 Å². The summed E-state index contributed by atoms with van der Waals surface area (Å²) >= 11 is 0. The number of aryl methyl sites for hydroxylation is 1. The van der Waals surface area contributed by atoms with Gasteiger partial charge in [-0.15, -0.1) is 0 Å². The maximum Gasteiger partial charge on any atom is 0.231 e. The van der Waals surface area contributed by atoms with E-state index in [4.69, 9.17) is 14.5 Å². The number of fused-ring (bicyclic) bond motifs is 2. The summed E-state index contributed by atoms with van der Waals surface area (Å²) in [6.45, 7) is 1.06. The van der Waals surface area contributed by atoms with Crippen LogP contribution in [0, 0.1) is 0 Å². The van der Waals surface area contributed by atoms with E-state index in [9.17, 15) is 4.79 Å². The van der Waals surface area contributed by atoms with Crippen molar-refractivity contribution in [3.63, 3.8) is 0 Å². The number of carbonyl (C=O) groups is 1. The molecule has 6 heteroatoms. The third-order valence-corrected chi connectivity index (χ3v) is 5.36. The molecule has 0 unspecified atom stereocenters. The highest BCUT2D eigenvalue weighted by atomic mass is 16.7. The van der Waals surface area contributed by atoms with Crippen molar-refractivity contribution >= 4 is 16.9 Å². The largest absolute Gasteiger partial charge is 0.454 e. The number of nitrogens with one attached hydrogen (secondary N) is 1. The molecule has 3 aromatic rings. The first-order chi connectivity index (χ1) is 13.3. The zero-order chi connectivity index (χ0) is 18.2. The molecule has 0 spiro atoms. The number of aromatic amines is 1. The van der Waals surface area contributed by atoms with E-state index in [0.29, 0.717) is 12.8 Å². The van der Waals surface area contributed by atoms with Crippen LogP contribution in [0.3, 0.4) is 0 Å². The summed E-state index contributed by atoms with van der Waals surface area (Å²) < 4.78 is 10.8. The van der Waals surface area contributed by atoms with Gasteiger partial charge in [-0.25, -0.2) is 4.98 Å². The number of benzene rings is 2. The third kappa shape index (κ3) is 3.01. The minimum atomic E-state index is 0.0432. The Hall–Kier alpha value is -3.02. The van der Waals surface area contributed by atoms with E-state index in [0.717, 1.165) is 53.3 Å². The van der Waals surface area contributed by atoms with Crippen LogP contribution in [-0.4, -0.2) is 34.1 Å². The molecule has 1 atom stereocenters. The minimum absolute atomic E-state index is 0.0432. The molecule has 1 amide bonds. The van der Waals surface area contributed by atoms with Crippen LogP contribution in [0.2, 0.25) is 0 Å². The summed E-state index contributed by atoms with van der Waals surface area (Å²) in [4.78, 5) is 23.0. The Bertz CT molecular complexity index is 964. The molecule has 2 aromatic carbocycles. The van der Waals surface area contributed by atoms with Gasteiger partial charge in [0.2, 0.25) is 12.7 Å². The Labute approximate surface area is 157 Å². The van der Waals surface area contributed by atoms with Crippen molar-refractivity contribution in [2.24, 2.45) is 0 Å². The van der Waals surface area contributed by atoms with Gasteiger partial charge in [0, 0.05) is 13.0 Å². The van der Waals surface area contributed by atoms with Gasteiger partial charge < -0.3 is 19.4 Å². The van der Waals surface area contributed by atoms with Gasteiger partial charge in [-0.1, -0.05) is 18.2 Å². The molecule has 2 aliphatic rings. The van der Waals surface area contributed by atoms with Crippen molar-refractivity contribution in [2.45, 2.75) is 31.7 Å². The van der Waals surface area contributed by atoms with Gasteiger partial charge in [-0.3, -0.25) is 4.79 Å². The molecule has 1 N–H and O–H groups in total. The molecule has 1 fully saturated rings. The molecule has 0 saturated carbocycles. The first-order valence-corrected chi connectivity index (χ1v) is 9.40. The van der Waals surface area contributed by atoms with Crippen LogP contribution in [0.1, 0.15) is 36.7 Å². The summed E-state index contributed by atoms with van der Waals surface area (Å²) in [7, 11) is 0. The van der Waals surface area contributed by atoms with Crippen molar-refractivity contribution in [2.75, 3.05) is 13.3 Å². The van der Waals surface area contributed by atoms with E-state index < -0.39 is 0 Å². The standard InChI is InChI=1S/C21H21N3O3/c25-20(10-8-14-7-9-18-19(12-14)27-13-26-18)24-11-3-6-17(24)21-22-15-4-1-2-5-16(15)23-21/h1-2,4-5,7,9,12,17H,3,6,8,10-11,13H2,(H,22,23)/t17-/m1/s1. The highest BCUT2D eigenvalue weighted by molar-refractivity contribution is 5.78. The van der Waals surface area contributed by atoms with Gasteiger partial charge in [0.25, 0.3) is 0 Å². The predicted octanol–water partition coefficient (Wildman–Crippen LogP) is 3.59. The number of amides is 1. The molecule has 3 heterocycles. The van der Waals surface area contributed by atoms with Gasteiger partial charge in [0.05, 0.1) is 17.1 Å². The molecule has 1 saturated heterocycles. The molecule has 0 aliphatic carbocycles. The summed E-state index contributed by atoms with van der Waals surface area (Å²) in [5.41, 5.74) is 3.06. The molecule has 0 radical (unpaired) electrons. The van der Waals surface area contributed by atoms with E-state index in [2.05, 4.69) is 4.98 Å². The first kappa shape index (κ1) is 16.2. The van der Waals surface area contributed by atoms with Crippen LogP contribution in [0.15, 0.2) is 42.5 Å². The van der Waals surface area contributed by atoms with Gasteiger partial charge in [0.1, 0.15) is 5.82 Å². The maximum absolute atomic E-state index is 12.9. The number of para-hydroxylation sites is 2. The molecule has 138 valence electrons. The van der Waals surface area contributed by atoms with Gasteiger partial charge in [0.15, 0.2) is 11.5 Å². The number of carbonyl (C=O) groups excluding carboxylic acids is 1. The fraction of sp³-hybridized carbons (Fsp3) is 0.333. The molecular formula is C21H21N3O3. The van der Waals surface area contributed by atoms with Crippen LogP contribution in [0.25, 0.3) is 11.0 Å². The Morgan fingerprint density at radius 1 is 1.19 bits per heavy atom. The molecule has 6 nitrogen and oxygen atoms in total. The quantitative estimate of drug-likeness (QED) is 0.769. The number of ether oxygens (including phenoxy) is 2. The van der Waals surface area contributed by atoms with Gasteiger partial charge in [-0.2, -0.15) is 0 Å².